The van der Waals surface area contributed by atoms with E-state index in [0.717, 1.165) is 0 Å². The van der Waals surface area contributed by atoms with Gasteiger partial charge in [0.15, 0.2) is 0 Å². The summed E-state index contributed by atoms with van der Waals surface area (Å²) in [5, 5.41) is 3.21. The van der Waals surface area contributed by atoms with E-state index in [1.165, 1.54) is 0 Å². The molecule has 1 aliphatic rings. The molecule has 0 radical (unpaired) electrons. The fourth-order valence-electron chi connectivity index (χ4n) is 0.384. The van der Waals surface area contributed by atoms with Crippen LogP contribution >= 0.6 is 0 Å². The zero-order valence-corrected chi connectivity index (χ0v) is 4.53. The molecule has 0 aromatic heterocycles. The van der Waals surface area contributed by atoms with Gasteiger partial charge in [-0.3, -0.25) is 9.56 Å². The van der Waals surface area contributed by atoms with Crippen LogP contribution in [0.2, 0.25) is 0 Å². The normalized spacial score (nSPS) is 23.4. The summed E-state index contributed by atoms with van der Waals surface area (Å²) in [6.45, 7) is 0. The van der Waals surface area contributed by atoms with Gasteiger partial charge >= 0.3 is 0 Å². The standard InChI is InChI=1S/C4H6N2S/c5-7(6)3-1-2-4-7/h1-6H. The molecule has 0 aromatic rings. The lowest BCUT2D eigenvalue weighted by Crippen LogP contribution is -1.72. The lowest BCUT2D eigenvalue weighted by molar-refractivity contribution is 1.55. The van der Waals surface area contributed by atoms with E-state index in [2.05, 4.69) is 0 Å². The first-order valence-corrected chi connectivity index (χ1v) is 3.64. The second-order valence-corrected chi connectivity index (χ2v) is 3.33. The lowest BCUT2D eigenvalue weighted by Gasteiger charge is -1.85. The number of allylic oxidation sites excluding steroid dienone is 2. The Balaban J connectivity index is 3.25. The fraction of sp³-hybridized carbons (Fsp3) is 0. The van der Waals surface area contributed by atoms with Gasteiger partial charge in [-0.2, -0.15) is 0 Å². The van der Waals surface area contributed by atoms with Gasteiger partial charge in [-0.15, -0.1) is 0 Å². The summed E-state index contributed by atoms with van der Waals surface area (Å²) < 4.78 is 14.1. The first kappa shape index (κ1) is 4.59. The molecular weight excluding hydrogens is 108 g/mol. The van der Waals surface area contributed by atoms with Gasteiger partial charge in [0.05, 0.1) is 0 Å². The van der Waals surface area contributed by atoms with E-state index in [4.69, 9.17) is 9.56 Å². The van der Waals surface area contributed by atoms with Gasteiger partial charge in [0.25, 0.3) is 0 Å². The van der Waals surface area contributed by atoms with Crippen molar-refractivity contribution in [1.82, 2.24) is 0 Å². The third-order valence-corrected chi connectivity index (χ3v) is 1.87. The van der Waals surface area contributed by atoms with Crippen molar-refractivity contribution in [2.75, 3.05) is 0 Å². The lowest BCUT2D eigenvalue weighted by atomic mass is 10.6. The van der Waals surface area contributed by atoms with E-state index in [-0.39, 0.29) is 0 Å². The van der Waals surface area contributed by atoms with Crippen molar-refractivity contribution in [2.24, 2.45) is 0 Å². The first-order valence-electron chi connectivity index (χ1n) is 1.88. The molecule has 1 rings (SSSR count). The highest BCUT2D eigenvalue weighted by Gasteiger charge is 1.90. The number of nitrogens with one attached hydrogen (secondary N) is 2. The summed E-state index contributed by atoms with van der Waals surface area (Å²) in [7, 11) is -1.91. The Morgan fingerprint density at radius 1 is 1.00 bits per heavy atom. The van der Waals surface area contributed by atoms with Crippen LogP contribution in [0.4, 0.5) is 0 Å². The quantitative estimate of drug-likeness (QED) is 0.481. The second kappa shape index (κ2) is 1.20. The molecule has 0 amide bonds. The molecule has 2 N–H and O–H groups in total. The zero-order chi connectivity index (χ0) is 5.33. The molecular formula is C4H6N2S. The summed E-state index contributed by atoms with van der Waals surface area (Å²) in [5.74, 6) is 0. The van der Waals surface area contributed by atoms with Crippen LogP contribution in [0.1, 0.15) is 0 Å². The molecule has 0 bridgehead atoms. The topological polar surface area (TPSA) is 47.7 Å². The average Bonchev–Trinajstić information content (AvgIpc) is 1.84. The van der Waals surface area contributed by atoms with Gasteiger partial charge in [0, 0.05) is 0 Å². The molecule has 3 heteroatoms. The van der Waals surface area contributed by atoms with Crippen molar-refractivity contribution in [2.45, 2.75) is 0 Å². The van der Waals surface area contributed by atoms with Crippen molar-refractivity contribution in [3.63, 3.8) is 0 Å². The minimum absolute atomic E-state index is 1.60. The third kappa shape index (κ3) is 0.899. The Labute approximate surface area is 43.0 Å². The summed E-state index contributed by atoms with van der Waals surface area (Å²) in [5.41, 5.74) is 0. The number of hydrogen-bond donors (Lipinski definition) is 2. The van der Waals surface area contributed by atoms with E-state index in [9.17, 15) is 0 Å². The minimum atomic E-state index is -1.91. The van der Waals surface area contributed by atoms with Crippen LogP contribution in [0, 0.1) is 9.56 Å². The summed E-state index contributed by atoms with van der Waals surface area (Å²) in [4.78, 5) is 0. The molecule has 2 nitrogen and oxygen atoms in total. The molecule has 0 saturated carbocycles. The minimum Gasteiger partial charge on any atom is -0.263 e. The molecule has 7 heavy (non-hydrogen) atoms. The van der Waals surface area contributed by atoms with E-state index in [1.54, 1.807) is 23.0 Å². The highest BCUT2D eigenvalue weighted by Crippen LogP contribution is 2.04. The van der Waals surface area contributed by atoms with Crippen LogP contribution < -0.4 is 0 Å². The monoisotopic (exact) mass is 114 g/mol. The van der Waals surface area contributed by atoms with Gasteiger partial charge in [-0.05, 0) is 20.4 Å². The summed E-state index contributed by atoms with van der Waals surface area (Å²) in [6, 6.07) is 0. The second-order valence-electron chi connectivity index (χ2n) is 1.37. The fourth-order valence-corrected chi connectivity index (χ4v) is 1.15. The molecule has 0 spiro atoms. The Morgan fingerprint density at radius 2 is 1.43 bits per heavy atom. The largest absolute Gasteiger partial charge is 0.263 e. The molecule has 0 atom stereocenters. The molecule has 0 aromatic carbocycles. The molecule has 0 fully saturated rings. The maximum atomic E-state index is 7.06. The van der Waals surface area contributed by atoms with Crippen molar-refractivity contribution >= 4 is 9.62 Å². The van der Waals surface area contributed by atoms with Gasteiger partial charge < -0.3 is 0 Å². The van der Waals surface area contributed by atoms with Crippen LogP contribution in [0.25, 0.3) is 0 Å². The van der Waals surface area contributed by atoms with E-state index in [0.29, 0.717) is 0 Å². The van der Waals surface area contributed by atoms with Gasteiger partial charge in [0.1, 0.15) is 0 Å². The van der Waals surface area contributed by atoms with Crippen molar-refractivity contribution in [1.29, 1.82) is 9.56 Å². The maximum absolute atomic E-state index is 7.06. The SMILES string of the molecule is N=S1(=N)C=CC=C1. The maximum Gasteiger partial charge on any atom is -0.00472 e. The van der Waals surface area contributed by atoms with E-state index < -0.39 is 9.62 Å². The van der Waals surface area contributed by atoms with Crippen molar-refractivity contribution in [3.05, 3.63) is 23.0 Å². The van der Waals surface area contributed by atoms with Crippen LogP contribution in [-0.4, -0.2) is 0 Å². The molecule has 1 heterocycles. The van der Waals surface area contributed by atoms with Gasteiger partial charge in [0.2, 0.25) is 0 Å². The van der Waals surface area contributed by atoms with E-state index >= 15 is 0 Å². The first-order chi connectivity index (χ1) is 3.21. The molecule has 0 saturated heterocycles. The van der Waals surface area contributed by atoms with Gasteiger partial charge in [-0.1, -0.05) is 12.2 Å². The van der Waals surface area contributed by atoms with Crippen LogP contribution in [0.15, 0.2) is 23.0 Å². The van der Waals surface area contributed by atoms with Gasteiger partial charge in [-0.25, -0.2) is 0 Å². The Morgan fingerprint density at radius 3 is 1.57 bits per heavy atom. The molecule has 0 unspecified atom stereocenters. The van der Waals surface area contributed by atoms with Crippen molar-refractivity contribution < 1.29 is 0 Å². The summed E-state index contributed by atoms with van der Waals surface area (Å²) in [6.07, 6.45) is 3.49. The third-order valence-electron chi connectivity index (χ3n) is 0.698. The number of hydrogen-bond acceptors (Lipinski definition) is 2. The highest BCUT2D eigenvalue weighted by molar-refractivity contribution is 7.99. The van der Waals surface area contributed by atoms with Crippen LogP contribution in [-0.2, 0) is 9.62 Å². The Kier molecular flexibility index (Phi) is 0.785. The predicted molar refractivity (Wildman–Crippen MR) is 31.1 cm³/mol. The Hall–Kier alpha value is -0.570. The summed E-state index contributed by atoms with van der Waals surface area (Å²) >= 11 is 0. The van der Waals surface area contributed by atoms with E-state index in [1.807, 2.05) is 0 Å². The van der Waals surface area contributed by atoms with Crippen LogP contribution in [0.5, 0.6) is 0 Å². The van der Waals surface area contributed by atoms with Crippen LogP contribution in [0.3, 0.4) is 0 Å². The Bertz CT molecular complexity index is 190. The zero-order valence-electron chi connectivity index (χ0n) is 3.72. The molecule has 38 valence electrons. The highest BCUT2D eigenvalue weighted by atomic mass is 32.2. The molecule has 1 aliphatic heterocycles. The average molecular weight is 114 g/mol. The molecule has 0 aliphatic carbocycles. The number of rotatable bonds is 0. The smallest absolute Gasteiger partial charge is 0.00472 e. The van der Waals surface area contributed by atoms with Crippen molar-refractivity contribution in [3.8, 4) is 0 Å². The predicted octanol–water partition coefficient (Wildman–Crippen LogP) is 1.71.